The van der Waals surface area contributed by atoms with Crippen molar-refractivity contribution in [3.63, 3.8) is 0 Å². The van der Waals surface area contributed by atoms with E-state index < -0.39 is 47.5 Å². The molecule has 1 N–H and O–H groups in total. The van der Waals surface area contributed by atoms with E-state index in [4.69, 9.17) is 5.11 Å². The molecule has 0 radical (unpaired) electrons. The molecule has 0 fully saturated rings. The largest absolute Gasteiger partial charge is 0.468 e. The number of carbonyl (C=O) groups excluding carboxylic acids is 1. The molecule has 1 unspecified atom stereocenters. The maximum absolute atomic E-state index is 12.6. The number of benzene rings is 1. The van der Waals surface area contributed by atoms with Gasteiger partial charge in [-0.25, -0.2) is 0 Å². The first-order valence-corrected chi connectivity index (χ1v) is 5.48. The molecule has 0 aliphatic carbocycles. The minimum atomic E-state index is -5.02. The molecule has 0 amide bonds. The van der Waals surface area contributed by atoms with Crippen LogP contribution >= 0.6 is 0 Å². The first-order chi connectivity index (χ1) is 9.50. The van der Waals surface area contributed by atoms with Gasteiger partial charge in [-0.3, -0.25) is 4.79 Å². The maximum Gasteiger partial charge on any atom is 0.416 e. The molecule has 1 rings (SSSR count). The van der Waals surface area contributed by atoms with Crippen LogP contribution in [0.2, 0.25) is 0 Å². The number of alkyl halides is 6. The predicted octanol–water partition coefficient (Wildman–Crippen LogP) is 2.97. The van der Waals surface area contributed by atoms with Gasteiger partial charge in [0.05, 0.1) is 24.8 Å². The fraction of sp³-hybridized carbons (Fsp3) is 0.417. The number of esters is 1. The van der Waals surface area contributed by atoms with E-state index in [1.165, 1.54) is 0 Å². The number of halogens is 6. The molecule has 3 nitrogen and oxygen atoms in total. The molecule has 1 aromatic carbocycles. The van der Waals surface area contributed by atoms with Crippen molar-refractivity contribution in [2.75, 3.05) is 13.7 Å². The number of aliphatic hydroxyl groups excluding tert-OH is 1. The summed E-state index contributed by atoms with van der Waals surface area (Å²) in [5, 5.41) is 9.01. The van der Waals surface area contributed by atoms with Gasteiger partial charge in [-0.15, -0.1) is 0 Å². The number of ether oxygens (including phenoxy) is 1. The van der Waals surface area contributed by atoms with Gasteiger partial charge in [-0.1, -0.05) is 0 Å². The van der Waals surface area contributed by atoms with E-state index in [0.717, 1.165) is 7.11 Å². The van der Waals surface area contributed by atoms with Crippen LogP contribution in [0.5, 0.6) is 0 Å². The lowest BCUT2D eigenvalue weighted by atomic mass is 9.95. The number of hydrogen-bond acceptors (Lipinski definition) is 3. The Bertz CT molecular complexity index is 488. The summed E-state index contributed by atoms with van der Waals surface area (Å²) in [7, 11) is 0.906. The van der Waals surface area contributed by atoms with Gasteiger partial charge in [0.15, 0.2) is 0 Å². The Morgan fingerprint density at radius 3 is 1.81 bits per heavy atom. The molecule has 0 saturated carbocycles. The van der Waals surface area contributed by atoms with E-state index in [2.05, 4.69) is 4.74 Å². The summed E-state index contributed by atoms with van der Waals surface area (Å²) in [5.74, 6) is -2.76. The van der Waals surface area contributed by atoms with Crippen molar-refractivity contribution in [3.05, 3.63) is 34.9 Å². The molecular formula is C12H10F6O3. The second-order valence-electron chi connectivity index (χ2n) is 4.10. The highest BCUT2D eigenvalue weighted by atomic mass is 19.4. The number of methoxy groups -OCH3 is 1. The van der Waals surface area contributed by atoms with Gasteiger partial charge in [0.25, 0.3) is 0 Å². The summed E-state index contributed by atoms with van der Waals surface area (Å²) < 4.78 is 80.1. The number of rotatable bonds is 3. The standard InChI is InChI=1S/C12H10F6O3/c1-21-10(20)9(5-19)6-2-7(11(13,14)15)4-8(3-6)12(16,17)18/h2-4,9,19H,5H2,1H3. The van der Waals surface area contributed by atoms with Gasteiger partial charge in [0.1, 0.15) is 5.92 Å². The average molecular weight is 316 g/mol. The van der Waals surface area contributed by atoms with Crippen LogP contribution in [0.1, 0.15) is 22.6 Å². The van der Waals surface area contributed by atoms with Crippen LogP contribution in [-0.2, 0) is 21.9 Å². The Morgan fingerprint density at radius 1 is 1.10 bits per heavy atom. The minimum Gasteiger partial charge on any atom is -0.468 e. The molecule has 0 aliphatic rings. The minimum absolute atomic E-state index is 0.0603. The van der Waals surface area contributed by atoms with Crippen molar-refractivity contribution < 1.29 is 41.0 Å². The average Bonchev–Trinajstić information content (AvgIpc) is 2.37. The molecule has 0 saturated heterocycles. The van der Waals surface area contributed by atoms with Gasteiger partial charge >= 0.3 is 18.3 Å². The Morgan fingerprint density at radius 2 is 1.52 bits per heavy atom. The predicted molar refractivity (Wildman–Crippen MR) is 58.3 cm³/mol. The van der Waals surface area contributed by atoms with E-state index in [1.807, 2.05) is 0 Å². The normalized spacial score (nSPS) is 13.9. The topological polar surface area (TPSA) is 46.5 Å². The summed E-state index contributed by atoms with van der Waals surface area (Å²) in [4.78, 5) is 11.3. The van der Waals surface area contributed by atoms with Crippen LogP contribution in [0.15, 0.2) is 18.2 Å². The van der Waals surface area contributed by atoms with Crippen molar-refractivity contribution in [2.24, 2.45) is 0 Å². The highest BCUT2D eigenvalue weighted by Crippen LogP contribution is 2.37. The van der Waals surface area contributed by atoms with Crippen LogP contribution in [0, 0.1) is 0 Å². The molecule has 1 aromatic rings. The van der Waals surface area contributed by atoms with E-state index in [1.54, 1.807) is 0 Å². The molecule has 0 bridgehead atoms. The maximum atomic E-state index is 12.6. The van der Waals surface area contributed by atoms with Gasteiger partial charge in [0.2, 0.25) is 0 Å². The van der Waals surface area contributed by atoms with Gasteiger partial charge in [-0.05, 0) is 23.8 Å². The second-order valence-corrected chi connectivity index (χ2v) is 4.10. The molecule has 0 aromatic heterocycles. The Balaban J connectivity index is 3.48. The Labute approximate surface area is 115 Å². The van der Waals surface area contributed by atoms with Crippen molar-refractivity contribution in [1.29, 1.82) is 0 Å². The Kier molecular flexibility index (Phi) is 4.87. The number of carbonyl (C=O) groups is 1. The highest BCUT2D eigenvalue weighted by Gasteiger charge is 2.38. The zero-order chi connectivity index (χ0) is 16.4. The SMILES string of the molecule is COC(=O)C(CO)c1cc(C(F)(F)F)cc(C(F)(F)F)c1. The van der Waals surface area contributed by atoms with Crippen LogP contribution in [0.25, 0.3) is 0 Å². The molecule has 0 aliphatic heterocycles. The van der Waals surface area contributed by atoms with Crippen molar-refractivity contribution in [2.45, 2.75) is 18.3 Å². The quantitative estimate of drug-likeness (QED) is 0.689. The third-order valence-corrected chi connectivity index (χ3v) is 2.68. The number of hydrogen-bond donors (Lipinski definition) is 1. The van der Waals surface area contributed by atoms with Gasteiger partial charge < -0.3 is 9.84 Å². The summed E-state index contributed by atoms with van der Waals surface area (Å²) >= 11 is 0. The van der Waals surface area contributed by atoms with Crippen LogP contribution < -0.4 is 0 Å². The number of aliphatic hydroxyl groups is 1. The lowest BCUT2D eigenvalue weighted by molar-refractivity contribution is -0.146. The van der Waals surface area contributed by atoms with E-state index in [0.29, 0.717) is 12.1 Å². The fourth-order valence-electron chi connectivity index (χ4n) is 1.64. The van der Waals surface area contributed by atoms with E-state index in [9.17, 15) is 31.1 Å². The van der Waals surface area contributed by atoms with Crippen molar-refractivity contribution in [1.82, 2.24) is 0 Å². The summed E-state index contributed by atoms with van der Waals surface area (Å²) in [6, 6.07) is 0.704. The lowest BCUT2D eigenvalue weighted by Gasteiger charge is -2.17. The molecule has 1 atom stereocenters. The second kappa shape index (κ2) is 5.92. The van der Waals surface area contributed by atoms with Crippen LogP contribution in [0.3, 0.4) is 0 Å². The lowest BCUT2D eigenvalue weighted by Crippen LogP contribution is -2.20. The monoisotopic (exact) mass is 316 g/mol. The molecule has 0 spiro atoms. The smallest absolute Gasteiger partial charge is 0.416 e. The van der Waals surface area contributed by atoms with Gasteiger partial charge in [-0.2, -0.15) is 26.3 Å². The van der Waals surface area contributed by atoms with Crippen LogP contribution in [0.4, 0.5) is 26.3 Å². The zero-order valence-electron chi connectivity index (χ0n) is 10.5. The molecule has 21 heavy (non-hydrogen) atoms. The first kappa shape index (κ1) is 17.3. The summed E-state index contributed by atoms with van der Waals surface area (Å²) in [6.07, 6.45) is -10.0. The zero-order valence-corrected chi connectivity index (χ0v) is 10.5. The van der Waals surface area contributed by atoms with E-state index >= 15 is 0 Å². The first-order valence-electron chi connectivity index (χ1n) is 5.48. The molecule has 0 heterocycles. The Hall–Kier alpha value is -1.77. The molecule has 118 valence electrons. The molecule has 9 heteroatoms. The third kappa shape index (κ3) is 4.10. The summed E-state index contributed by atoms with van der Waals surface area (Å²) in [5.41, 5.74) is -3.74. The fourth-order valence-corrected chi connectivity index (χ4v) is 1.64. The van der Waals surface area contributed by atoms with Crippen LogP contribution in [-0.4, -0.2) is 24.8 Å². The van der Waals surface area contributed by atoms with Gasteiger partial charge in [0, 0.05) is 0 Å². The van der Waals surface area contributed by atoms with Crippen molar-refractivity contribution >= 4 is 5.97 Å². The highest BCUT2D eigenvalue weighted by molar-refractivity contribution is 5.78. The van der Waals surface area contributed by atoms with Crippen molar-refractivity contribution in [3.8, 4) is 0 Å². The molecular weight excluding hydrogens is 306 g/mol. The summed E-state index contributed by atoms with van der Waals surface area (Å²) in [6.45, 7) is -0.981. The third-order valence-electron chi connectivity index (χ3n) is 2.68. The van der Waals surface area contributed by atoms with E-state index in [-0.39, 0.29) is 6.07 Å².